The van der Waals surface area contributed by atoms with Gasteiger partial charge in [-0.2, -0.15) is 0 Å². The van der Waals surface area contributed by atoms with Crippen molar-refractivity contribution in [1.29, 1.82) is 0 Å². The van der Waals surface area contributed by atoms with Crippen LogP contribution in [-0.4, -0.2) is 66.0 Å². The summed E-state index contributed by atoms with van der Waals surface area (Å²) in [5.74, 6) is -0.612. The Kier molecular flexibility index (Phi) is 4.57. The van der Waals surface area contributed by atoms with Crippen LogP contribution in [0.2, 0.25) is 0 Å². The molecule has 27 heavy (non-hydrogen) atoms. The van der Waals surface area contributed by atoms with Gasteiger partial charge in [0.15, 0.2) is 0 Å². The maximum absolute atomic E-state index is 12.9. The number of carbonyl (C=O) groups is 3. The molecular formula is C19H22N4O4. The molecule has 3 amide bonds. The number of aromatic amines is 1. The topological polar surface area (TPSA) is 104 Å². The number of aromatic nitrogens is 1. The number of H-pyrrole nitrogens is 1. The Balaban J connectivity index is 1.49. The molecule has 0 aliphatic carbocycles. The highest BCUT2D eigenvalue weighted by molar-refractivity contribution is 5.99. The van der Waals surface area contributed by atoms with E-state index in [0.717, 1.165) is 16.5 Å². The third-order valence-electron chi connectivity index (χ3n) is 5.28. The molecule has 2 fully saturated rings. The summed E-state index contributed by atoms with van der Waals surface area (Å²) in [7, 11) is 1.44. The van der Waals surface area contributed by atoms with Crippen molar-refractivity contribution in [3.05, 3.63) is 36.0 Å². The lowest BCUT2D eigenvalue weighted by Crippen LogP contribution is -2.65. The summed E-state index contributed by atoms with van der Waals surface area (Å²) in [6.45, 7) is 0.390. The molecule has 2 saturated heterocycles. The van der Waals surface area contributed by atoms with Gasteiger partial charge < -0.3 is 25.3 Å². The predicted molar refractivity (Wildman–Crippen MR) is 97.9 cm³/mol. The first kappa shape index (κ1) is 17.5. The fraction of sp³-hybridized carbons (Fsp3) is 0.421. The highest BCUT2D eigenvalue weighted by Gasteiger charge is 2.48. The third kappa shape index (κ3) is 3.16. The van der Waals surface area contributed by atoms with E-state index in [-0.39, 0.29) is 30.4 Å². The highest BCUT2D eigenvalue weighted by Crippen LogP contribution is 2.26. The van der Waals surface area contributed by atoms with Crippen molar-refractivity contribution < 1.29 is 19.1 Å². The van der Waals surface area contributed by atoms with Gasteiger partial charge in [0, 0.05) is 37.2 Å². The van der Waals surface area contributed by atoms with Crippen molar-refractivity contribution in [2.24, 2.45) is 0 Å². The van der Waals surface area contributed by atoms with E-state index in [4.69, 9.17) is 4.74 Å². The van der Waals surface area contributed by atoms with Crippen molar-refractivity contribution in [1.82, 2.24) is 20.5 Å². The van der Waals surface area contributed by atoms with E-state index in [1.54, 1.807) is 4.90 Å². The van der Waals surface area contributed by atoms with E-state index in [0.29, 0.717) is 19.4 Å². The second-order valence-electron chi connectivity index (χ2n) is 7.00. The second-order valence-corrected chi connectivity index (χ2v) is 7.00. The van der Waals surface area contributed by atoms with Crippen LogP contribution in [0.4, 0.5) is 0 Å². The smallest absolute Gasteiger partial charge is 0.246 e. The zero-order chi connectivity index (χ0) is 19.0. The Labute approximate surface area is 156 Å². The van der Waals surface area contributed by atoms with Crippen molar-refractivity contribution in [3.63, 3.8) is 0 Å². The molecule has 1 aromatic carbocycles. The van der Waals surface area contributed by atoms with Crippen LogP contribution in [0.3, 0.4) is 0 Å². The molecule has 1 aromatic heterocycles. The first-order valence-electron chi connectivity index (χ1n) is 9.02. The molecule has 3 N–H and O–H groups in total. The van der Waals surface area contributed by atoms with E-state index < -0.39 is 12.1 Å². The molecule has 0 bridgehead atoms. The zero-order valence-corrected chi connectivity index (χ0v) is 15.0. The Morgan fingerprint density at radius 3 is 2.96 bits per heavy atom. The minimum Gasteiger partial charge on any atom is -0.375 e. The molecule has 8 heteroatoms. The van der Waals surface area contributed by atoms with Gasteiger partial charge in [0.1, 0.15) is 18.7 Å². The van der Waals surface area contributed by atoms with Gasteiger partial charge in [-0.05, 0) is 18.1 Å². The molecule has 8 nitrogen and oxygen atoms in total. The van der Waals surface area contributed by atoms with E-state index in [9.17, 15) is 14.4 Å². The quantitative estimate of drug-likeness (QED) is 0.686. The van der Waals surface area contributed by atoms with Gasteiger partial charge in [-0.1, -0.05) is 18.2 Å². The maximum atomic E-state index is 12.9. The number of nitrogens with one attached hydrogen (secondary N) is 3. The van der Waals surface area contributed by atoms with Gasteiger partial charge >= 0.3 is 0 Å². The van der Waals surface area contributed by atoms with E-state index in [2.05, 4.69) is 15.6 Å². The zero-order valence-electron chi connectivity index (χ0n) is 15.0. The van der Waals surface area contributed by atoms with E-state index in [1.807, 2.05) is 30.5 Å². The normalized spacial score (nSPS) is 24.8. The molecule has 0 radical (unpaired) electrons. The summed E-state index contributed by atoms with van der Waals surface area (Å²) in [5.41, 5.74) is 1.99. The van der Waals surface area contributed by atoms with Gasteiger partial charge in [-0.3, -0.25) is 14.4 Å². The number of benzene rings is 1. The summed E-state index contributed by atoms with van der Waals surface area (Å²) in [4.78, 5) is 42.2. The van der Waals surface area contributed by atoms with E-state index >= 15 is 0 Å². The van der Waals surface area contributed by atoms with Crippen LogP contribution < -0.4 is 10.6 Å². The van der Waals surface area contributed by atoms with Gasteiger partial charge in [0.05, 0.1) is 6.04 Å². The van der Waals surface area contributed by atoms with Gasteiger partial charge in [0.25, 0.3) is 0 Å². The summed E-state index contributed by atoms with van der Waals surface area (Å²) in [6.07, 6.45) is 2.87. The lowest BCUT2D eigenvalue weighted by atomic mass is 9.99. The number of para-hydroxylation sites is 1. The van der Waals surface area contributed by atoms with Crippen LogP contribution in [0.25, 0.3) is 10.9 Å². The van der Waals surface area contributed by atoms with Crippen LogP contribution in [0, 0.1) is 0 Å². The Bertz CT molecular complexity index is 893. The molecule has 3 atom stereocenters. The molecule has 0 saturated carbocycles. The molecular weight excluding hydrogens is 348 g/mol. The number of amides is 3. The molecule has 3 unspecified atom stereocenters. The van der Waals surface area contributed by atoms with Crippen LogP contribution in [0.1, 0.15) is 12.0 Å². The Hall–Kier alpha value is -2.87. The summed E-state index contributed by atoms with van der Waals surface area (Å²) < 4.78 is 4.81. The SMILES string of the molecule is COCC(=O)NC1CCN2C(=O)C(Cc3c[nH]c4ccccc34)NC(=O)C12. The third-order valence-corrected chi connectivity index (χ3v) is 5.28. The molecule has 2 aliphatic rings. The van der Waals surface area contributed by atoms with Crippen molar-refractivity contribution in [3.8, 4) is 0 Å². The Morgan fingerprint density at radius 1 is 1.33 bits per heavy atom. The van der Waals surface area contributed by atoms with Crippen LogP contribution in [0.15, 0.2) is 30.5 Å². The number of fused-ring (bicyclic) bond motifs is 2. The predicted octanol–water partition coefficient (Wildman–Crippen LogP) is -0.0591. The number of carbonyl (C=O) groups excluding carboxylic acids is 3. The lowest BCUT2D eigenvalue weighted by molar-refractivity contribution is -0.147. The van der Waals surface area contributed by atoms with Crippen LogP contribution >= 0.6 is 0 Å². The Morgan fingerprint density at radius 2 is 2.15 bits per heavy atom. The monoisotopic (exact) mass is 370 g/mol. The van der Waals surface area contributed by atoms with Gasteiger partial charge in [-0.15, -0.1) is 0 Å². The standard InChI is InChI=1S/C19H22N4O4/c1-27-10-16(24)21-14-6-7-23-17(14)18(25)22-15(19(23)26)8-11-9-20-13-5-3-2-4-12(11)13/h2-5,9,14-15,17,20H,6-8,10H2,1H3,(H,21,24)(H,22,25). The first-order chi connectivity index (χ1) is 13.1. The van der Waals surface area contributed by atoms with Crippen LogP contribution in [0.5, 0.6) is 0 Å². The highest BCUT2D eigenvalue weighted by atomic mass is 16.5. The number of piperazine rings is 1. The van der Waals surface area contributed by atoms with Crippen LogP contribution in [-0.2, 0) is 25.5 Å². The molecule has 0 spiro atoms. The summed E-state index contributed by atoms with van der Waals surface area (Å²) in [6, 6.07) is 6.23. The molecule has 2 aromatic rings. The fourth-order valence-corrected chi connectivity index (χ4v) is 4.07. The van der Waals surface area contributed by atoms with Gasteiger partial charge in [0.2, 0.25) is 17.7 Å². The summed E-state index contributed by atoms with van der Waals surface area (Å²) in [5, 5.41) is 6.69. The fourth-order valence-electron chi connectivity index (χ4n) is 4.07. The first-order valence-corrected chi connectivity index (χ1v) is 9.02. The van der Waals surface area contributed by atoms with E-state index in [1.165, 1.54) is 7.11 Å². The van der Waals surface area contributed by atoms with Crippen molar-refractivity contribution >= 4 is 28.6 Å². The number of rotatable bonds is 5. The second kappa shape index (κ2) is 7.03. The average molecular weight is 370 g/mol. The number of methoxy groups -OCH3 is 1. The number of nitrogens with zero attached hydrogens (tertiary/aromatic N) is 1. The largest absolute Gasteiger partial charge is 0.375 e. The number of hydrogen-bond acceptors (Lipinski definition) is 4. The number of ether oxygens (including phenoxy) is 1. The van der Waals surface area contributed by atoms with Crippen molar-refractivity contribution in [2.45, 2.75) is 31.0 Å². The molecule has 3 heterocycles. The maximum Gasteiger partial charge on any atom is 0.246 e. The molecule has 4 rings (SSSR count). The summed E-state index contributed by atoms with van der Waals surface area (Å²) >= 11 is 0. The van der Waals surface area contributed by atoms with Crippen molar-refractivity contribution in [2.75, 3.05) is 20.3 Å². The molecule has 2 aliphatic heterocycles. The lowest BCUT2D eigenvalue weighted by Gasteiger charge is -2.36. The minimum atomic E-state index is -0.655. The van der Waals surface area contributed by atoms with Gasteiger partial charge in [-0.25, -0.2) is 0 Å². The average Bonchev–Trinajstić information content (AvgIpc) is 3.25. The number of hydrogen-bond donors (Lipinski definition) is 3. The minimum absolute atomic E-state index is 0.0675. The molecule has 142 valence electrons.